The minimum absolute atomic E-state index is 0.0414. The number of aromatic nitrogens is 4. The summed E-state index contributed by atoms with van der Waals surface area (Å²) in [6.07, 6.45) is 1.26. The van der Waals surface area contributed by atoms with E-state index in [0.29, 0.717) is 43.2 Å². The highest BCUT2D eigenvalue weighted by Crippen LogP contribution is 2.28. The van der Waals surface area contributed by atoms with Crippen molar-refractivity contribution in [1.29, 1.82) is 0 Å². The van der Waals surface area contributed by atoms with E-state index in [1.165, 1.54) is 12.3 Å². The van der Waals surface area contributed by atoms with Crippen molar-refractivity contribution in [3.05, 3.63) is 76.1 Å². The monoisotopic (exact) mass is 457 g/mol. The normalized spacial score (nSPS) is 13.9. The molecule has 0 bridgehead atoms. The summed E-state index contributed by atoms with van der Waals surface area (Å²) in [5, 5.41) is 16.1. The van der Waals surface area contributed by atoms with Crippen molar-refractivity contribution in [3.63, 3.8) is 0 Å². The third kappa shape index (κ3) is 3.83. The average Bonchev–Trinajstić information content (AvgIpc) is 3.17. The number of amides is 1. The summed E-state index contributed by atoms with van der Waals surface area (Å²) < 4.78 is 1.71. The number of aryl methyl sites for hydroxylation is 2. The van der Waals surface area contributed by atoms with Crippen molar-refractivity contribution in [2.75, 3.05) is 31.1 Å². The molecule has 0 radical (unpaired) electrons. The SMILES string of the molecule is Cc1nn(C)c2nc(-c3ccccc3)cc(C(=O)N3CCN(c4ccc([N+](=O)[O-])cn4)CC3)c12. The Morgan fingerprint density at radius 1 is 1.06 bits per heavy atom. The molecule has 4 aromatic rings. The van der Waals surface area contributed by atoms with Gasteiger partial charge in [0.2, 0.25) is 0 Å². The number of hydrogen-bond acceptors (Lipinski definition) is 7. The highest BCUT2D eigenvalue weighted by Gasteiger charge is 2.27. The first-order valence-electron chi connectivity index (χ1n) is 11.0. The van der Waals surface area contributed by atoms with E-state index >= 15 is 0 Å². The zero-order valence-electron chi connectivity index (χ0n) is 18.9. The van der Waals surface area contributed by atoms with Gasteiger partial charge in [-0.1, -0.05) is 30.3 Å². The van der Waals surface area contributed by atoms with E-state index < -0.39 is 4.92 Å². The minimum atomic E-state index is -0.465. The van der Waals surface area contributed by atoms with Gasteiger partial charge in [0.05, 0.1) is 27.3 Å². The van der Waals surface area contributed by atoms with Gasteiger partial charge in [-0.05, 0) is 19.1 Å². The van der Waals surface area contributed by atoms with Crippen LogP contribution in [0.5, 0.6) is 0 Å². The molecule has 0 spiro atoms. The Morgan fingerprint density at radius 2 is 1.79 bits per heavy atom. The van der Waals surface area contributed by atoms with Crippen molar-refractivity contribution in [3.8, 4) is 11.3 Å². The molecule has 0 N–H and O–H groups in total. The molecule has 10 heteroatoms. The van der Waals surface area contributed by atoms with Gasteiger partial charge in [0, 0.05) is 44.9 Å². The highest BCUT2D eigenvalue weighted by atomic mass is 16.6. The molecule has 1 aliphatic rings. The topological polar surface area (TPSA) is 110 Å². The highest BCUT2D eigenvalue weighted by molar-refractivity contribution is 6.07. The van der Waals surface area contributed by atoms with Crippen LogP contribution in [0.15, 0.2) is 54.7 Å². The Bertz CT molecular complexity index is 1380. The van der Waals surface area contributed by atoms with Crippen LogP contribution < -0.4 is 4.90 Å². The summed E-state index contributed by atoms with van der Waals surface area (Å²) in [7, 11) is 1.83. The van der Waals surface area contributed by atoms with Gasteiger partial charge in [0.1, 0.15) is 12.0 Å². The van der Waals surface area contributed by atoms with Crippen LogP contribution in [0.4, 0.5) is 11.5 Å². The number of pyridine rings is 2. The lowest BCUT2D eigenvalue weighted by Gasteiger charge is -2.35. The Morgan fingerprint density at radius 3 is 2.44 bits per heavy atom. The molecule has 0 aliphatic carbocycles. The summed E-state index contributed by atoms with van der Waals surface area (Å²) in [4.78, 5) is 36.9. The standard InChI is InChI=1S/C24H23N7O3/c1-16-22-19(14-20(17-6-4-3-5-7-17)26-23(22)28(2)27-16)24(32)30-12-10-29(11-13-30)21-9-8-18(15-25-21)31(33)34/h3-9,14-15H,10-13H2,1-2H3. The number of rotatable bonds is 4. The van der Waals surface area contributed by atoms with Crippen LogP contribution in [-0.2, 0) is 7.05 Å². The molecule has 1 fully saturated rings. The molecule has 0 unspecified atom stereocenters. The van der Waals surface area contributed by atoms with Gasteiger partial charge in [0.25, 0.3) is 11.6 Å². The van der Waals surface area contributed by atoms with E-state index in [1.807, 2.05) is 60.2 Å². The number of piperazine rings is 1. The second kappa shape index (κ2) is 8.54. The van der Waals surface area contributed by atoms with E-state index in [2.05, 4.69) is 10.1 Å². The molecule has 4 heterocycles. The fourth-order valence-electron chi connectivity index (χ4n) is 4.35. The number of fused-ring (bicyclic) bond motifs is 1. The lowest BCUT2D eigenvalue weighted by molar-refractivity contribution is -0.385. The van der Waals surface area contributed by atoms with Gasteiger partial charge in [-0.3, -0.25) is 19.6 Å². The number of carbonyl (C=O) groups excluding carboxylic acids is 1. The van der Waals surface area contributed by atoms with E-state index in [0.717, 1.165) is 22.3 Å². The Kier molecular flexibility index (Phi) is 5.40. The Labute approximate surface area is 195 Å². The summed E-state index contributed by atoms with van der Waals surface area (Å²) >= 11 is 0. The van der Waals surface area contributed by atoms with Gasteiger partial charge < -0.3 is 9.80 Å². The van der Waals surface area contributed by atoms with Crippen LogP contribution in [0.2, 0.25) is 0 Å². The molecule has 0 atom stereocenters. The zero-order chi connectivity index (χ0) is 23.8. The van der Waals surface area contributed by atoms with Crippen LogP contribution >= 0.6 is 0 Å². The lowest BCUT2D eigenvalue weighted by Crippen LogP contribution is -2.49. The second-order valence-electron chi connectivity index (χ2n) is 8.24. The Hall–Kier alpha value is -4.34. The third-order valence-corrected chi connectivity index (χ3v) is 6.10. The maximum Gasteiger partial charge on any atom is 0.287 e. The molecule has 1 saturated heterocycles. The fourth-order valence-corrected chi connectivity index (χ4v) is 4.35. The number of nitrogens with zero attached hydrogens (tertiary/aromatic N) is 7. The maximum atomic E-state index is 13.7. The van der Waals surface area contributed by atoms with E-state index in [1.54, 1.807) is 10.7 Å². The zero-order valence-corrected chi connectivity index (χ0v) is 18.9. The molecule has 1 aliphatic heterocycles. The van der Waals surface area contributed by atoms with Crippen LogP contribution in [-0.4, -0.2) is 61.7 Å². The van der Waals surface area contributed by atoms with Crippen LogP contribution in [0.25, 0.3) is 22.3 Å². The van der Waals surface area contributed by atoms with Crippen molar-refractivity contribution in [2.45, 2.75) is 6.92 Å². The van der Waals surface area contributed by atoms with Gasteiger partial charge in [0.15, 0.2) is 5.65 Å². The third-order valence-electron chi connectivity index (χ3n) is 6.10. The molecule has 1 aromatic carbocycles. The first kappa shape index (κ1) is 21.5. The van der Waals surface area contributed by atoms with Gasteiger partial charge in [-0.25, -0.2) is 9.97 Å². The van der Waals surface area contributed by atoms with Gasteiger partial charge in [-0.15, -0.1) is 0 Å². The van der Waals surface area contributed by atoms with Crippen LogP contribution in [0, 0.1) is 17.0 Å². The summed E-state index contributed by atoms with van der Waals surface area (Å²) in [6, 6.07) is 14.7. The minimum Gasteiger partial charge on any atom is -0.353 e. The predicted molar refractivity (Wildman–Crippen MR) is 128 cm³/mol. The molecule has 1 amide bonds. The number of carbonyl (C=O) groups is 1. The smallest absolute Gasteiger partial charge is 0.287 e. The second-order valence-corrected chi connectivity index (χ2v) is 8.24. The van der Waals surface area contributed by atoms with Crippen molar-refractivity contribution in [1.82, 2.24) is 24.6 Å². The summed E-state index contributed by atoms with van der Waals surface area (Å²) in [5.74, 6) is 0.607. The van der Waals surface area contributed by atoms with Crippen molar-refractivity contribution < 1.29 is 9.72 Å². The average molecular weight is 457 g/mol. The number of benzene rings is 1. The predicted octanol–water partition coefficient (Wildman–Crippen LogP) is 3.21. The first-order chi connectivity index (χ1) is 16.4. The van der Waals surface area contributed by atoms with Gasteiger partial charge >= 0.3 is 0 Å². The van der Waals surface area contributed by atoms with E-state index in [-0.39, 0.29) is 11.6 Å². The van der Waals surface area contributed by atoms with Gasteiger partial charge in [-0.2, -0.15) is 5.10 Å². The molecule has 0 saturated carbocycles. The number of anilines is 1. The quantitative estimate of drug-likeness (QED) is 0.342. The van der Waals surface area contributed by atoms with Crippen LogP contribution in [0.1, 0.15) is 16.1 Å². The molecule has 3 aromatic heterocycles. The first-order valence-corrected chi connectivity index (χ1v) is 11.0. The molecule has 34 heavy (non-hydrogen) atoms. The van der Waals surface area contributed by atoms with Crippen molar-refractivity contribution >= 4 is 28.4 Å². The lowest BCUT2D eigenvalue weighted by atomic mass is 10.0. The van der Waals surface area contributed by atoms with Crippen molar-refractivity contribution in [2.24, 2.45) is 7.05 Å². The molecular formula is C24H23N7O3. The number of nitro groups is 1. The van der Waals surface area contributed by atoms with E-state index in [9.17, 15) is 14.9 Å². The molecular weight excluding hydrogens is 434 g/mol. The van der Waals surface area contributed by atoms with E-state index in [4.69, 9.17) is 4.98 Å². The molecule has 172 valence electrons. The summed E-state index contributed by atoms with van der Waals surface area (Å²) in [6.45, 7) is 4.09. The fraction of sp³-hybridized carbons (Fsp3) is 0.250. The Balaban J connectivity index is 1.42. The maximum absolute atomic E-state index is 13.7. The van der Waals surface area contributed by atoms with Crippen LogP contribution in [0.3, 0.4) is 0 Å². The number of hydrogen-bond donors (Lipinski definition) is 0. The molecule has 5 rings (SSSR count). The molecule has 10 nitrogen and oxygen atoms in total. The largest absolute Gasteiger partial charge is 0.353 e. The summed E-state index contributed by atoms with van der Waals surface area (Å²) in [5.41, 5.74) is 3.66.